The average Bonchev–Trinajstić information content (AvgIpc) is 2.43. The van der Waals surface area contributed by atoms with E-state index in [4.69, 9.17) is 0 Å². The van der Waals surface area contributed by atoms with Crippen molar-refractivity contribution in [3.63, 3.8) is 0 Å². The van der Waals surface area contributed by atoms with Gasteiger partial charge in [-0.1, -0.05) is 19.8 Å². The third-order valence-electron chi connectivity index (χ3n) is 3.23. The molecule has 1 aromatic rings. The Morgan fingerprint density at radius 2 is 2.11 bits per heavy atom. The summed E-state index contributed by atoms with van der Waals surface area (Å²) in [4.78, 5) is 13.9. The molecule has 108 valence electrons. The molecule has 0 aliphatic heterocycles. The Bertz CT molecular complexity index is 416. The van der Waals surface area contributed by atoms with Gasteiger partial charge in [0, 0.05) is 26.2 Å². The SMILES string of the molecule is CCCCCNCCn1ncc(N(C)CC)cc1=O. The average molecular weight is 266 g/mol. The van der Waals surface area contributed by atoms with Crippen LogP contribution in [0.15, 0.2) is 17.1 Å². The zero-order valence-corrected chi connectivity index (χ0v) is 12.4. The highest BCUT2D eigenvalue weighted by atomic mass is 16.1. The molecule has 1 rings (SSSR count). The normalized spacial score (nSPS) is 10.7. The predicted molar refractivity (Wildman–Crippen MR) is 79.8 cm³/mol. The summed E-state index contributed by atoms with van der Waals surface area (Å²) in [5.41, 5.74) is 0.841. The first kappa shape index (κ1) is 15.7. The Morgan fingerprint density at radius 3 is 2.74 bits per heavy atom. The van der Waals surface area contributed by atoms with Gasteiger partial charge in [0.05, 0.1) is 18.4 Å². The fraction of sp³-hybridized carbons (Fsp3) is 0.714. The molecule has 0 saturated carbocycles. The fourth-order valence-electron chi connectivity index (χ4n) is 1.79. The molecule has 0 amide bonds. The molecule has 5 heteroatoms. The van der Waals surface area contributed by atoms with Gasteiger partial charge in [-0.3, -0.25) is 4.79 Å². The number of nitrogens with one attached hydrogen (secondary N) is 1. The highest BCUT2D eigenvalue weighted by Crippen LogP contribution is 2.05. The third kappa shape index (κ3) is 5.42. The van der Waals surface area contributed by atoms with Gasteiger partial charge < -0.3 is 10.2 Å². The molecule has 0 fully saturated rings. The molecule has 0 aliphatic rings. The van der Waals surface area contributed by atoms with Crippen molar-refractivity contribution in [3.05, 3.63) is 22.6 Å². The minimum Gasteiger partial charge on any atom is -0.373 e. The summed E-state index contributed by atoms with van der Waals surface area (Å²) in [6, 6.07) is 1.65. The van der Waals surface area contributed by atoms with Crippen LogP contribution in [-0.2, 0) is 6.54 Å². The molecule has 0 atom stereocenters. The standard InChI is InChI=1S/C14H26N4O/c1-4-6-7-8-15-9-10-18-14(19)11-13(12-16-18)17(3)5-2/h11-12,15H,4-10H2,1-3H3. The van der Waals surface area contributed by atoms with Crippen LogP contribution in [0.3, 0.4) is 0 Å². The Hall–Kier alpha value is -1.36. The van der Waals surface area contributed by atoms with Crippen LogP contribution in [0.5, 0.6) is 0 Å². The minimum absolute atomic E-state index is 0.0341. The monoisotopic (exact) mass is 266 g/mol. The molecule has 0 aromatic carbocycles. The molecule has 0 aliphatic carbocycles. The maximum Gasteiger partial charge on any atom is 0.268 e. The quantitative estimate of drug-likeness (QED) is 0.688. The number of nitrogens with zero attached hydrogens (tertiary/aromatic N) is 3. The van der Waals surface area contributed by atoms with Crippen LogP contribution in [0.2, 0.25) is 0 Å². The Kier molecular flexibility index (Phi) is 7.18. The number of hydrogen-bond donors (Lipinski definition) is 1. The molecule has 1 N–H and O–H groups in total. The van der Waals surface area contributed by atoms with E-state index >= 15 is 0 Å². The number of unbranched alkanes of at least 4 members (excludes halogenated alkanes) is 2. The minimum atomic E-state index is -0.0341. The molecule has 1 heterocycles. The summed E-state index contributed by atoms with van der Waals surface area (Å²) in [7, 11) is 1.95. The van der Waals surface area contributed by atoms with E-state index in [1.807, 2.05) is 18.9 Å². The van der Waals surface area contributed by atoms with Crippen molar-refractivity contribution < 1.29 is 0 Å². The van der Waals surface area contributed by atoms with Crippen molar-refractivity contribution in [2.45, 2.75) is 39.7 Å². The van der Waals surface area contributed by atoms with Crippen LogP contribution in [0.4, 0.5) is 5.69 Å². The molecular formula is C14H26N4O. The van der Waals surface area contributed by atoms with Crippen molar-refractivity contribution in [2.75, 3.05) is 31.6 Å². The van der Waals surface area contributed by atoms with Gasteiger partial charge in [0.1, 0.15) is 0 Å². The van der Waals surface area contributed by atoms with Crippen LogP contribution in [-0.4, -0.2) is 36.5 Å². The van der Waals surface area contributed by atoms with Gasteiger partial charge in [-0.15, -0.1) is 0 Å². The number of hydrogen-bond acceptors (Lipinski definition) is 4. The van der Waals surface area contributed by atoms with Crippen molar-refractivity contribution in [1.29, 1.82) is 0 Å². The molecule has 0 unspecified atom stereocenters. The second kappa shape index (κ2) is 8.69. The lowest BCUT2D eigenvalue weighted by Crippen LogP contribution is -2.30. The zero-order valence-electron chi connectivity index (χ0n) is 12.4. The summed E-state index contributed by atoms with van der Waals surface area (Å²) in [6.07, 6.45) is 5.43. The largest absolute Gasteiger partial charge is 0.373 e. The predicted octanol–water partition coefficient (Wildman–Crippen LogP) is 1.48. The van der Waals surface area contributed by atoms with Crippen molar-refractivity contribution in [2.24, 2.45) is 0 Å². The number of anilines is 1. The van der Waals surface area contributed by atoms with Crippen LogP contribution in [0.1, 0.15) is 33.1 Å². The van der Waals surface area contributed by atoms with Gasteiger partial charge in [0.25, 0.3) is 5.56 Å². The Balaban J connectivity index is 2.40. The van der Waals surface area contributed by atoms with Gasteiger partial charge in [0.2, 0.25) is 0 Å². The Labute approximate surface area is 115 Å². The highest BCUT2D eigenvalue weighted by Gasteiger charge is 2.02. The Morgan fingerprint density at radius 1 is 1.32 bits per heavy atom. The molecular weight excluding hydrogens is 240 g/mol. The van der Waals surface area contributed by atoms with Crippen molar-refractivity contribution in [1.82, 2.24) is 15.1 Å². The molecule has 0 bridgehead atoms. The van der Waals surface area contributed by atoms with Crippen LogP contribution < -0.4 is 15.8 Å². The summed E-state index contributed by atoms with van der Waals surface area (Å²) in [6.45, 7) is 7.54. The maximum atomic E-state index is 11.9. The van der Waals surface area contributed by atoms with E-state index in [-0.39, 0.29) is 5.56 Å². The molecule has 19 heavy (non-hydrogen) atoms. The summed E-state index contributed by atoms with van der Waals surface area (Å²) < 4.78 is 1.51. The molecule has 0 spiro atoms. The van der Waals surface area contributed by atoms with Gasteiger partial charge >= 0.3 is 0 Å². The van der Waals surface area contributed by atoms with E-state index in [1.165, 1.54) is 23.9 Å². The third-order valence-corrected chi connectivity index (χ3v) is 3.23. The first-order valence-corrected chi connectivity index (χ1v) is 7.18. The van der Waals surface area contributed by atoms with E-state index in [0.717, 1.165) is 25.3 Å². The molecule has 0 saturated heterocycles. The first-order chi connectivity index (χ1) is 9.19. The van der Waals surface area contributed by atoms with Gasteiger partial charge in [0.15, 0.2) is 0 Å². The summed E-state index contributed by atoms with van der Waals surface area (Å²) >= 11 is 0. The molecule has 0 radical (unpaired) electrons. The second-order valence-electron chi connectivity index (χ2n) is 4.75. The topological polar surface area (TPSA) is 50.2 Å². The second-order valence-corrected chi connectivity index (χ2v) is 4.75. The van der Waals surface area contributed by atoms with Crippen LogP contribution in [0.25, 0.3) is 0 Å². The van der Waals surface area contributed by atoms with Gasteiger partial charge in [-0.25, -0.2) is 4.68 Å². The zero-order chi connectivity index (χ0) is 14.1. The first-order valence-electron chi connectivity index (χ1n) is 7.18. The van der Waals surface area contributed by atoms with Crippen LogP contribution >= 0.6 is 0 Å². The fourth-order valence-corrected chi connectivity index (χ4v) is 1.79. The lowest BCUT2D eigenvalue weighted by atomic mass is 10.2. The lowest BCUT2D eigenvalue weighted by molar-refractivity contribution is 0.521. The number of rotatable bonds is 9. The van der Waals surface area contributed by atoms with Gasteiger partial charge in [-0.2, -0.15) is 5.10 Å². The summed E-state index contributed by atoms with van der Waals surface area (Å²) in [5.74, 6) is 0. The van der Waals surface area contributed by atoms with Crippen molar-refractivity contribution in [3.8, 4) is 0 Å². The van der Waals surface area contributed by atoms with E-state index in [2.05, 4.69) is 17.3 Å². The van der Waals surface area contributed by atoms with E-state index in [0.29, 0.717) is 6.54 Å². The highest BCUT2D eigenvalue weighted by molar-refractivity contribution is 5.41. The maximum absolute atomic E-state index is 11.9. The van der Waals surface area contributed by atoms with E-state index in [1.54, 1.807) is 12.3 Å². The smallest absolute Gasteiger partial charge is 0.268 e. The summed E-state index contributed by atoms with van der Waals surface area (Å²) in [5, 5.41) is 7.54. The molecule has 1 aromatic heterocycles. The van der Waals surface area contributed by atoms with E-state index in [9.17, 15) is 4.79 Å². The van der Waals surface area contributed by atoms with E-state index < -0.39 is 0 Å². The lowest BCUT2D eigenvalue weighted by Gasteiger charge is -2.16. The molecule has 5 nitrogen and oxygen atoms in total. The van der Waals surface area contributed by atoms with Crippen molar-refractivity contribution >= 4 is 5.69 Å². The number of aromatic nitrogens is 2. The van der Waals surface area contributed by atoms with Crippen LogP contribution in [0, 0.1) is 0 Å². The van der Waals surface area contributed by atoms with Gasteiger partial charge in [-0.05, 0) is 19.9 Å².